The molecule has 0 atom stereocenters. The predicted octanol–water partition coefficient (Wildman–Crippen LogP) is 3.49. The van der Waals surface area contributed by atoms with E-state index in [2.05, 4.69) is 48.2 Å². The van der Waals surface area contributed by atoms with Gasteiger partial charge in [0.15, 0.2) is 5.96 Å². The summed E-state index contributed by atoms with van der Waals surface area (Å²) in [6.45, 7) is 13.4. The van der Waals surface area contributed by atoms with Gasteiger partial charge in [-0.25, -0.2) is 0 Å². The Morgan fingerprint density at radius 3 is 2.23 bits per heavy atom. The molecule has 30 heavy (non-hydrogen) atoms. The SMILES string of the molecule is CN=C(NCCCN(C(C)C)C(C)C)NCc1ccc(C(=O)N2CCCCC2)cc1. The molecule has 0 unspecified atom stereocenters. The molecule has 0 bridgehead atoms. The minimum atomic E-state index is 0.156. The first kappa shape index (κ1) is 24.2. The highest BCUT2D eigenvalue weighted by Gasteiger charge is 2.18. The van der Waals surface area contributed by atoms with E-state index in [1.807, 2.05) is 29.2 Å². The third kappa shape index (κ3) is 7.63. The second kappa shape index (κ2) is 12.6. The number of nitrogens with zero attached hydrogens (tertiary/aromatic N) is 3. The Morgan fingerprint density at radius 2 is 1.67 bits per heavy atom. The zero-order chi connectivity index (χ0) is 21.9. The van der Waals surface area contributed by atoms with Crippen LogP contribution in [0.3, 0.4) is 0 Å². The molecule has 1 saturated heterocycles. The topological polar surface area (TPSA) is 60.0 Å². The molecule has 1 amide bonds. The molecule has 1 aromatic carbocycles. The summed E-state index contributed by atoms with van der Waals surface area (Å²) in [5.41, 5.74) is 1.92. The van der Waals surface area contributed by atoms with Crippen molar-refractivity contribution in [2.24, 2.45) is 4.99 Å². The van der Waals surface area contributed by atoms with Crippen LogP contribution in [0.5, 0.6) is 0 Å². The van der Waals surface area contributed by atoms with E-state index in [9.17, 15) is 4.79 Å². The largest absolute Gasteiger partial charge is 0.356 e. The first-order valence-corrected chi connectivity index (χ1v) is 11.5. The van der Waals surface area contributed by atoms with Gasteiger partial charge in [0, 0.05) is 57.4 Å². The molecule has 0 aliphatic carbocycles. The molecule has 6 nitrogen and oxygen atoms in total. The van der Waals surface area contributed by atoms with E-state index in [4.69, 9.17) is 0 Å². The van der Waals surface area contributed by atoms with Crippen LogP contribution in [-0.4, -0.2) is 67.0 Å². The molecule has 1 aliphatic rings. The molecule has 1 fully saturated rings. The maximum absolute atomic E-state index is 12.6. The summed E-state index contributed by atoms with van der Waals surface area (Å²) in [6.07, 6.45) is 4.54. The van der Waals surface area contributed by atoms with Crippen LogP contribution in [0.25, 0.3) is 0 Å². The van der Waals surface area contributed by atoms with Gasteiger partial charge in [-0.1, -0.05) is 12.1 Å². The lowest BCUT2D eigenvalue weighted by Crippen LogP contribution is -2.41. The number of amides is 1. The number of nitrogens with one attached hydrogen (secondary N) is 2. The van der Waals surface area contributed by atoms with E-state index in [0.717, 1.165) is 62.5 Å². The number of benzene rings is 1. The van der Waals surface area contributed by atoms with Gasteiger partial charge < -0.3 is 15.5 Å². The molecule has 0 spiro atoms. The minimum Gasteiger partial charge on any atom is -0.356 e. The number of piperidine rings is 1. The van der Waals surface area contributed by atoms with E-state index >= 15 is 0 Å². The van der Waals surface area contributed by atoms with Crippen LogP contribution >= 0.6 is 0 Å². The maximum Gasteiger partial charge on any atom is 0.253 e. The van der Waals surface area contributed by atoms with E-state index in [1.165, 1.54) is 6.42 Å². The van der Waals surface area contributed by atoms with Crippen LogP contribution in [0.15, 0.2) is 29.3 Å². The number of guanidine groups is 1. The fraction of sp³-hybridized carbons (Fsp3) is 0.667. The molecule has 0 aromatic heterocycles. The standard InChI is InChI=1S/C24H41N5O/c1-19(2)29(20(3)4)17-9-14-26-24(25-5)27-18-21-10-12-22(13-11-21)23(30)28-15-7-6-8-16-28/h10-13,19-20H,6-9,14-18H2,1-5H3,(H2,25,26,27). The van der Waals surface area contributed by atoms with Crippen molar-refractivity contribution in [3.05, 3.63) is 35.4 Å². The van der Waals surface area contributed by atoms with Crippen molar-refractivity contribution in [2.75, 3.05) is 33.2 Å². The second-order valence-electron chi connectivity index (χ2n) is 8.68. The number of hydrogen-bond donors (Lipinski definition) is 2. The van der Waals surface area contributed by atoms with Crippen LogP contribution in [-0.2, 0) is 6.54 Å². The van der Waals surface area contributed by atoms with Crippen molar-refractivity contribution in [3.63, 3.8) is 0 Å². The second-order valence-corrected chi connectivity index (χ2v) is 8.68. The van der Waals surface area contributed by atoms with Gasteiger partial charge >= 0.3 is 0 Å². The Hall–Kier alpha value is -2.08. The highest BCUT2D eigenvalue weighted by atomic mass is 16.2. The zero-order valence-electron chi connectivity index (χ0n) is 19.6. The number of aliphatic imine (C=N–C) groups is 1. The molecular formula is C24H41N5O. The predicted molar refractivity (Wildman–Crippen MR) is 126 cm³/mol. The first-order chi connectivity index (χ1) is 14.4. The average Bonchev–Trinajstić information content (AvgIpc) is 2.75. The zero-order valence-corrected chi connectivity index (χ0v) is 19.6. The monoisotopic (exact) mass is 415 g/mol. The van der Waals surface area contributed by atoms with Crippen molar-refractivity contribution in [1.82, 2.24) is 20.4 Å². The van der Waals surface area contributed by atoms with Crippen LogP contribution in [0.1, 0.15) is 69.3 Å². The third-order valence-corrected chi connectivity index (χ3v) is 5.74. The van der Waals surface area contributed by atoms with E-state index in [1.54, 1.807) is 7.05 Å². The fourth-order valence-corrected chi connectivity index (χ4v) is 4.03. The number of likely N-dealkylation sites (tertiary alicyclic amines) is 1. The van der Waals surface area contributed by atoms with Crippen molar-refractivity contribution >= 4 is 11.9 Å². The normalized spacial score (nSPS) is 15.2. The summed E-state index contributed by atoms with van der Waals surface area (Å²) >= 11 is 0. The lowest BCUT2D eigenvalue weighted by molar-refractivity contribution is 0.0724. The van der Waals surface area contributed by atoms with Gasteiger partial charge in [0.1, 0.15) is 0 Å². The fourth-order valence-electron chi connectivity index (χ4n) is 4.03. The van der Waals surface area contributed by atoms with Crippen LogP contribution in [0, 0.1) is 0 Å². The van der Waals surface area contributed by atoms with Crippen molar-refractivity contribution < 1.29 is 4.79 Å². The Bertz CT molecular complexity index is 655. The maximum atomic E-state index is 12.6. The Kier molecular flexibility index (Phi) is 10.1. The number of carbonyl (C=O) groups is 1. The molecule has 2 N–H and O–H groups in total. The molecule has 168 valence electrons. The van der Waals surface area contributed by atoms with Crippen molar-refractivity contribution in [2.45, 2.75) is 72.0 Å². The van der Waals surface area contributed by atoms with Gasteiger partial charge in [0.2, 0.25) is 0 Å². The molecule has 1 aliphatic heterocycles. The van der Waals surface area contributed by atoms with Gasteiger partial charge in [0.25, 0.3) is 5.91 Å². The van der Waals surface area contributed by atoms with Gasteiger partial charge in [-0.15, -0.1) is 0 Å². The van der Waals surface area contributed by atoms with Crippen LogP contribution in [0.4, 0.5) is 0 Å². The Morgan fingerprint density at radius 1 is 1.03 bits per heavy atom. The van der Waals surface area contributed by atoms with E-state index < -0.39 is 0 Å². The number of hydrogen-bond acceptors (Lipinski definition) is 3. The smallest absolute Gasteiger partial charge is 0.253 e. The molecule has 6 heteroatoms. The molecule has 2 rings (SSSR count). The summed E-state index contributed by atoms with van der Waals surface area (Å²) < 4.78 is 0. The lowest BCUT2D eigenvalue weighted by atomic mass is 10.1. The highest BCUT2D eigenvalue weighted by Crippen LogP contribution is 2.14. The summed E-state index contributed by atoms with van der Waals surface area (Å²) in [7, 11) is 1.80. The summed E-state index contributed by atoms with van der Waals surface area (Å²) in [5, 5.41) is 6.76. The van der Waals surface area contributed by atoms with Gasteiger partial charge in [0.05, 0.1) is 0 Å². The molecular weight excluding hydrogens is 374 g/mol. The third-order valence-electron chi connectivity index (χ3n) is 5.74. The van der Waals surface area contributed by atoms with Crippen LogP contribution < -0.4 is 10.6 Å². The highest BCUT2D eigenvalue weighted by molar-refractivity contribution is 5.94. The summed E-state index contributed by atoms with van der Waals surface area (Å²) in [6, 6.07) is 9.06. The number of rotatable bonds is 9. The van der Waals surface area contributed by atoms with Crippen LogP contribution in [0.2, 0.25) is 0 Å². The minimum absolute atomic E-state index is 0.156. The quantitative estimate of drug-likeness (QED) is 0.368. The van der Waals surface area contributed by atoms with E-state index in [-0.39, 0.29) is 5.91 Å². The van der Waals surface area contributed by atoms with Gasteiger partial charge in [-0.3, -0.25) is 14.7 Å². The first-order valence-electron chi connectivity index (χ1n) is 11.5. The van der Waals surface area contributed by atoms with Crippen molar-refractivity contribution in [3.8, 4) is 0 Å². The van der Waals surface area contributed by atoms with Gasteiger partial charge in [-0.2, -0.15) is 0 Å². The van der Waals surface area contributed by atoms with Gasteiger partial charge in [-0.05, 0) is 71.1 Å². The molecule has 0 radical (unpaired) electrons. The summed E-state index contributed by atoms with van der Waals surface area (Å²) in [4.78, 5) is 21.4. The Balaban J connectivity index is 1.74. The molecule has 1 aromatic rings. The average molecular weight is 416 g/mol. The number of carbonyl (C=O) groups excluding carboxylic acids is 1. The molecule has 1 heterocycles. The molecule has 0 saturated carbocycles. The van der Waals surface area contributed by atoms with Crippen molar-refractivity contribution in [1.29, 1.82) is 0 Å². The van der Waals surface area contributed by atoms with E-state index in [0.29, 0.717) is 18.6 Å². The summed E-state index contributed by atoms with van der Waals surface area (Å²) in [5.74, 6) is 0.965. The lowest BCUT2D eigenvalue weighted by Gasteiger charge is -2.30. The Labute approximate surface area is 183 Å².